The summed E-state index contributed by atoms with van der Waals surface area (Å²) in [6.07, 6.45) is 14.6. The summed E-state index contributed by atoms with van der Waals surface area (Å²) < 4.78 is 12.2. The average Bonchev–Trinajstić information content (AvgIpc) is 2.85. The van der Waals surface area contributed by atoms with Gasteiger partial charge in [-0.2, -0.15) is 0 Å². The molecule has 2 unspecified atom stereocenters. The predicted molar refractivity (Wildman–Crippen MR) is 118 cm³/mol. The second-order valence-corrected chi connectivity index (χ2v) is 9.14. The minimum Gasteiger partial charge on any atom is -0.378 e. The van der Waals surface area contributed by atoms with Crippen molar-refractivity contribution in [2.24, 2.45) is 0 Å². The molecule has 0 saturated carbocycles. The molecular weight excluding hydrogens is 378 g/mol. The molecule has 4 saturated heterocycles. The Bertz CT molecular complexity index is 597. The standard InChI is InChI=1S/C23H39N5O2/c1-3-11-26(12-4-1)23(27-14-9-24-10-15-27)21(25-16-19-29-20-17-25)7-6-13-28(23)22-8-2-5-18-30-22/h6-7,13,22,24H,1-5,8-12,14-20H2. The lowest BCUT2D eigenvalue weighted by atomic mass is 9.97. The first-order valence-corrected chi connectivity index (χ1v) is 12.2. The third-order valence-electron chi connectivity index (χ3n) is 7.38. The van der Waals surface area contributed by atoms with Crippen molar-refractivity contribution in [3.63, 3.8) is 0 Å². The summed E-state index contributed by atoms with van der Waals surface area (Å²) in [5.41, 5.74) is 1.44. The van der Waals surface area contributed by atoms with Crippen molar-refractivity contribution >= 4 is 0 Å². The Kier molecular flexibility index (Phi) is 6.62. The van der Waals surface area contributed by atoms with Gasteiger partial charge in [-0.1, -0.05) is 6.42 Å². The molecule has 168 valence electrons. The fourth-order valence-electron chi connectivity index (χ4n) is 5.97. The van der Waals surface area contributed by atoms with Crippen molar-refractivity contribution < 1.29 is 9.47 Å². The first kappa shape index (κ1) is 20.8. The molecule has 0 aliphatic carbocycles. The van der Waals surface area contributed by atoms with Gasteiger partial charge < -0.3 is 24.6 Å². The highest BCUT2D eigenvalue weighted by molar-refractivity contribution is 5.30. The summed E-state index contributed by atoms with van der Waals surface area (Å²) in [6.45, 7) is 11.0. The summed E-state index contributed by atoms with van der Waals surface area (Å²) in [5, 5.41) is 3.58. The van der Waals surface area contributed by atoms with Crippen LogP contribution in [0.15, 0.2) is 24.0 Å². The van der Waals surface area contributed by atoms with E-state index in [0.29, 0.717) is 0 Å². The minimum absolute atomic E-state index is 0.150. The topological polar surface area (TPSA) is 43.5 Å². The van der Waals surface area contributed by atoms with Crippen LogP contribution in [0.25, 0.3) is 0 Å². The molecule has 0 amide bonds. The van der Waals surface area contributed by atoms with Crippen LogP contribution in [0.1, 0.15) is 38.5 Å². The van der Waals surface area contributed by atoms with Crippen LogP contribution < -0.4 is 5.32 Å². The SMILES string of the molecule is C1=CN(C2CCCCO2)C(N2CCCCC2)(N2CCNCC2)C(N2CCOCC2)=C1. The van der Waals surface area contributed by atoms with Crippen molar-refractivity contribution in [1.82, 2.24) is 24.9 Å². The van der Waals surface area contributed by atoms with Gasteiger partial charge in [0.1, 0.15) is 6.23 Å². The number of ether oxygens (including phenoxy) is 2. The molecular formula is C23H39N5O2. The van der Waals surface area contributed by atoms with Crippen LogP contribution in [0.2, 0.25) is 0 Å². The van der Waals surface area contributed by atoms with Gasteiger partial charge >= 0.3 is 0 Å². The number of nitrogens with one attached hydrogen (secondary N) is 1. The van der Waals surface area contributed by atoms with Gasteiger partial charge in [0, 0.05) is 65.2 Å². The lowest BCUT2D eigenvalue weighted by Crippen LogP contribution is -2.76. The zero-order chi connectivity index (χ0) is 20.2. The van der Waals surface area contributed by atoms with E-state index in [9.17, 15) is 0 Å². The third-order valence-corrected chi connectivity index (χ3v) is 7.38. The Labute approximate surface area is 181 Å². The van der Waals surface area contributed by atoms with E-state index >= 15 is 0 Å². The number of piperazine rings is 1. The van der Waals surface area contributed by atoms with Crippen molar-refractivity contribution in [3.8, 4) is 0 Å². The van der Waals surface area contributed by atoms with E-state index in [2.05, 4.69) is 43.3 Å². The van der Waals surface area contributed by atoms with Crippen LogP contribution in [0.5, 0.6) is 0 Å². The molecule has 5 rings (SSSR count). The third kappa shape index (κ3) is 3.79. The summed E-state index contributed by atoms with van der Waals surface area (Å²) >= 11 is 0. The van der Waals surface area contributed by atoms with Crippen molar-refractivity contribution in [1.29, 1.82) is 0 Å². The highest BCUT2D eigenvalue weighted by Crippen LogP contribution is 2.42. The average molecular weight is 418 g/mol. The van der Waals surface area contributed by atoms with Crippen LogP contribution in [-0.2, 0) is 9.47 Å². The van der Waals surface area contributed by atoms with Crippen molar-refractivity contribution in [3.05, 3.63) is 24.0 Å². The van der Waals surface area contributed by atoms with E-state index in [0.717, 1.165) is 78.6 Å². The number of allylic oxidation sites excluding steroid dienone is 2. The maximum Gasteiger partial charge on any atom is 0.195 e. The molecule has 0 radical (unpaired) electrons. The molecule has 4 fully saturated rings. The number of morpholine rings is 1. The smallest absolute Gasteiger partial charge is 0.195 e. The summed E-state index contributed by atoms with van der Waals surface area (Å²) in [7, 11) is 0. The molecule has 1 N–H and O–H groups in total. The van der Waals surface area contributed by atoms with Crippen LogP contribution in [0, 0.1) is 0 Å². The van der Waals surface area contributed by atoms with Gasteiger partial charge in [-0.3, -0.25) is 9.80 Å². The predicted octanol–water partition coefficient (Wildman–Crippen LogP) is 1.60. The molecule has 0 spiro atoms. The zero-order valence-corrected chi connectivity index (χ0v) is 18.4. The highest BCUT2D eigenvalue weighted by atomic mass is 16.5. The molecule has 0 aromatic carbocycles. The lowest BCUT2D eigenvalue weighted by Gasteiger charge is -2.62. The first-order valence-electron chi connectivity index (χ1n) is 12.2. The van der Waals surface area contributed by atoms with Gasteiger partial charge in [0.25, 0.3) is 0 Å². The lowest BCUT2D eigenvalue weighted by molar-refractivity contribution is -0.214. The summed E-state index contributed by atoms with van der Waals surface area (Å²) in [4.78, 5) is 10.7. The number of piperidine rings is 1. The van der Waals surface area contributed by atoms with E-state index in [-0.39, 0.29) is 12.0 Å². The molecule has 7 heteroatoms. The van der Waals surface area contributed by atoms with Gasteiger partial charge in [-0.05, 0) is 44.3 Å². The van der Waals surface area contributed by atoms with Gasteiger partial charge in [0.15, 0.2) is 5.79 Å². The molecule has 0 bridgehead atoms. The van der Waals surface area contributed by atoms with E-state index in [1.807, 2.05) is 0 Å². The van der Waals surface area contributed by atoms with Crippen LogP contribution in [0.4, 0.5) is 0 Å². The molecule has 5 aliphatic heterocycles. The summed E-state index contributed by atoms with van der Waals surface area (Å²) in [6, 6.07) is 0. The second kappa shape index (κ2) is 9.57. The molecule has 0 aromatic rings. The van der Waals surface area contributed by atoms with E-state index in [4.69, 9.17) is 9.47 Å². The molecule has 5 aliphatic rings. The molecule has 7 nitrogen and oxygen atoms in total. The molecule has 0 aromatic heterocycles. The van der Waals surface area contributed by atoms with Gasteiger partial charge in [-0.15, -0.1) is 0 Å². The summed E-state index contributed by atoms with van der Waals surface area (Å²) in [5.74, 6) is -0.253. The van der Waals surface area contributed by atoms with Crippen molar-refractivity contribution in [2.75, 3.05) is 72.2 Å². The van der Waals surface area contributed by atoms with Crippen LogP contribution >= 0.6 is 0 Å². The zero-order valence-electron chi connectivity index (χ0n) is 18.4. The van der Waals surface area contributed by atoms with Gasteiger partial charge in [-0.25, -0.2) is 0 Å². The van der Waals surface area contributed by atoms with E-state index in [1.165, 1.54) is 37.8 Å². The Hall–Kier alpha value is -1.12. The van der Waals surface area contributed by atoms with Crippen LogP contribution in [-0.4, -0.2) is 104 Å². The van der Waals surface area contributed by atoms with Crippen molar-refractivity contribution in [2.45, 2.75) is 50.5 Å². The number of likely N-dealkylation sites (tertiary alicyclic amines) is 1. The highest BCUT2D eigenvalue weighted by Gasteiger charge is 2.54. The maximum absolute atomic E-state index is 6.43. The largest absolute Gasteiger partial charge is 0.378 e. The number of rotatable bonds is 4. The quantitative estimate of drug-likeness (QED) is 0.745. The Balaban J connectivity index is 1.59. The molecule has 5 heterocycles. The fourth-order valence-corrected chi connectivity index (χ4v) is 5.97. The number of hydrogen-bond acceptors (Lipinski definition) is 7. The van der Waals surface area contributed by atoms with Gasteiger partial charge in [0.05, 0.1) is 18.9 Å². The normalized spacial score (nSPS) is 34.8. The first-order chi connectivity index (χ1) is 14.9. The van der Waals surface area contributed by atoms with Crippen LogP contribution in [0.3, 0.4) is 0 Å². The number of hydrogen-bond donors (Lipinski definition) is 1. The number of nitrogens with zero attached hydrogens (tertiary/aromatic N) is 4. The Morgan fingerprint density at radius 3 is 2.33 bits per heavy atom. The minimum atomic E-state index is -0.253. The molecule has 30 heavy (non-hydrogen) atoms. The fraction of sp³-hybridized carbons (Fsp3) is 0.826. The monoisotopic (exact) mass is 417 g/mol. The second-order valence-electron chi connectivity index (χ2n) is 9.14. The van der Waals surface area contributed by atoms with E-state index < -0.39 is 0 Å². The maximum atomic E-state index is 6.43. The van der Waals surface area contributed by atoms with E-state index in [1.54, 1.807) is 0 Å². The molecule has 2 atom stereocenters. The van der Waals surface area contributed by atoms with Gasteiger partial charge in [0.2, 0.25) is 0 Å². The Morgan fingerprint density at radius 1 is 0.833 bits per heavy atom. The Morgan fingerprint density at radius 2 is 1.60 bits per heavy atom.